The third-order valence-corrected chi connectivity index (χ3v) is 3.81. The smallest absolute Gasteiger partial charge is 0.101 e. The number of aliphatic hydroxyl groups excluding tert-OH is 1. The Hall–Kier alpha value is -2.04. The molecule has 0 saturated carbocycles. The number of hydrogen-bond acceptors (Lipinski definition) is 4. The summed E-state index contributed by atoms with van der Waals surface area (Å²) in [5.74, 6) is 0.316. The van der Waals surface area contributed by atoms with Crippen LogP contribution >= 0.6 is 0 Å². The van der Waals surface area contributed by atoms with Gasteiger partial charge in [0.1, 0.15) is 12.1 Å². The van der Waals surface area contributed by atoms with Gasteiger partial charge in [0.25, 0.3) is 0 Å². The molecular weight excluding hydrogens is 238 g/mol. The lowest BCUT2D eigenvalue weighted by Gasteiger charge is -2.35. The van der Waals surface area contributed by atoms with Crippen molar-refractivity contribution in [3.05, 3.63) is 29.3 Å². The van der Waals surface area contributed by atoms with Crippen molar-refractivity contribution in [3.8, 4) is 12.1 Å². The minimum atomic E-state index is -0.288. The van der Waals surface area contributed by atoms with Crippen LogP contribution in [-0.2, 0) is 0 Å². The van der Waals surface area contributed by atoms with Crippen LogP contribution in [0.15, 0.2) is 18.2 Å². The Balaban J connectivity index is 2.25. The molecule has 0 radical (unpaired) electrons. The van der Waals surface area contributed by atoms with Gasteiger partial charge < -0.3 is 10.0 Å². The number of hydrogen-bond donors (Lipinski definition) is 1. The van der Waals surface area contributed by atoms with Crippen LogP contribution in [0, 0.1) is 28.6 Å². The average molecular weight is 255 g/mol. The summed E-state index contributed by atoms with van der Waals surface area (Å²) in [5.41, 5.74) is 1.85. The fourth-order valence-corrected chi connectivity index (χ4v) is 2.67. The minimum Gasteiger partial charge on any atom is -0.393 e. The van der Waals surface area contributed by atoms with Gasteiger partial charge in [0.15, 0.2) is 0 Å². The van der Waals surface area contributed by atoms with Crippen LogP contribution < -0.4 is 4.90 Å². The Bertz CT molecular complexity index is 499. The summed E-state index contributed by atoms with van der Waals surface area (Å²) in [5, 5.41) is 28.0. The lowest BCUT2D eigenvalue weighted by atomic mass is 9.91. The SMILES string of the molecule is CC(O)C1CCN(c2c(C#N)cccc2C#N)CC1. The van der Waals surface area contributed by atoms with Crippen LogP contribution in [0.25, 0.3) is 0 Å². The molecule has 1 aromatic carbocycles. The lowest BCUT2D eigenvalue weighted by molar-refractivity contribution is 0.110. The van der Waals surface area contributed by atoms with Gasteiger partial charge in [0.05, 0.1) is 22.9 Å². The van der Waals surface area contributed by atoms with Crippen LogP contribution in [-0.4, -0.2) is 24.3 Å². The van der Waals surface area contributed by atoms with Crippen LogP contribution in [0.4, 0.5) is 5.69 Å². The van der Waals surface area contributed by atoms with Gasteiger partial charge in [0, 0.05) is 13.1 Å². The van der Waals surface area contributed by atoms with E-state index in [4.69, 9.17) is 0 Å². The molecule has 1 N–H and O–H groups in total. The summed E-state index contributed by atoms with van der Waals surface area (Å²) in [4.78, 5) is 2.09. The molecule has 1 atom stereocenters. The van der Waals surface area contributed by atoms with E-state index in [1.807, 2.05) is 6.92 Å². The molecule has 98 valence electrons. The number of anilines is 1. The standard InChI is InChI=1S/C15H17N3O/c1-11(19)12-5-7-18(8-6-12)15-13(9-16)3-2-4-14(15)10-17/h2-4,11-12,19H,5-8H2,1H3. The number of rotatable bonds is 2. The van der Waals surface area contributed by atoms with Gasteiger partial charge in [0.2, 0.25) is 0 Å². The van der Waals surface area contributed by atoms with Gasteiger partial charge in [-0.2, -0.15) is 10.5 Å². The molecule has 1 aliphatic rings. The summed E-state index contributed by atoms with van der Waals surface area (Å²) < 4.78 is 0. The quantitative estimate of drug-likeness (QED) is 0.877. The van der Waals surface area contributed by atoms with E-state index in [1.54, 1.807) is 18.2 Å². The molecule has 1 aromatic rings. The fourth-order valence-electron chi connectivity index (χ4n) is 2.67. The number of piperidine rings is 1. The summed E-state index contributed by atoms with van der Waals surface area (Å²) >= 11 is 0. The number of para-hydroxylation sites is 1. The Labute approximate surface area is 113 Å². The maximum Gasteiger partial charge on any atom is 0.101 e. The zero-order chi connectivity index (χ0) is 13.8. The van der Waals surface area contributed by atoms with E-state index in [0.717, 1.165) is 31.6 Å². The van der Waals surface area contributed by atoms with E-state index < -0.39 is 0 Å². The zero-order valence-electron chi connectivity index (χ0n) is 11.0. The van der Waals surface area contributed by atoms with Crippen LogP contribution in [0.5, 0.6) is 0 Å². The second kappa shape index (κ2) is 5.73. The van der Waals surface area contributed by atoms with Crippen molar-refractivity contribution in [1.29, 1.82) is 10.5 Å². The van der Waals surface area contributed by atoms with Crippen molar-refractivity contribution in [2.45, 2.75) is 25.9 Å². The molecule has 19 heavy (non-hydrogen) atoms. The van der Waals surface area contributed by atoms with E-state index in [-0.39, 0.29) is 6.10 Å². The molecule has 1 heterocycles. The fraction of sp³-hybridized carbons (Fsp3) is 0.467. The first-order valence-electron chi connectivity index (χ1n) is 6.53. The van der Waals surface area contributed by atoms with Crippen molar-refractivity contribution in [3.63, 3.8) is 0 Å². The summed E-state index contributed by atoms with van der Waals surface area (Å²) in [6, 6.07) is 9.55. The largest absolute Gasteiger partial charge is 0.393 e. The first kappa shape index (κ1) is 13.4. The van der Waals surface area contributed by atoms with Gasteiger partial charge in [-0.1, -0.05) is 6.07 Å². The van der Waals surface area contributed by atoms with Crippen molar-refractivity contribution < 1.29 is 5.11 Å². The van der Waals surface area contributed by atoms with E-state index in [2.05, 4.69) is 17.0 Å². The molecule has 0 aromatic heterocycles. The molecule has 0 amide bonds. The number of benzene rings is 1. The van der Waals surface area contributed by atoms with Crippen LogP contribution in [0.2, 0.25) is 0 Å². The Morgan fingerprint density at radius 2 is 1.74 bits per heavy atom. The third-order valence-electron chi connectivity index (χ3n) is 3.81. The van der Waals surface area contributed by atoms with Crippen LogP contribution in [0.3, 0.4) is 0 Å². The predicted octanol–water partition coefficient (Wildman–Crippen LogP) is 2.03. The molecule has 1 fully saturated rings. The monoisotopic (exact) mass is 255 g/mol. The molecule has 0 spiro atoms. The van der Waals surface area contributed by atoms with Gasteiger partial charge in [-0.25, -0.2) is 0 Å². The second-order valence-corrected chi connectivity index (χ2v) is 4.99. The van der Waals surface area contributed by atoms with Crippen molar-refractivity contribution in [2.75, 3.05) is 18.0 Å². The zero-order valence-corrected chi connectivity index (χ0v) is 11.0. The molecule has 4 nitrogen and oxygen atoms in total. The summed E-state index contributed by atoms with van der Waals surface area (Å²) in [7, 11) is 0. The second-order valence-electron chi connectivity index (χ2n) is 4.99. The highest BCUT2D eigenvalue weighted by atomic mass is 16.3. The molecular formula is C15H17N3O. The number of nitrogens with zero attached hydrogens (tertiary/aromatic N) is 3. The maximum atomic E-state index is 9.61. The van der Waals surface area contributed by atoms with Gasteiger partial charge >= 0.3 is 0 Å². The van der Waals surface area contributed by atoms with Crippen LogP contribution in [0.1, 0.15) is 30.9 Å². The van der Waals surface area contributed by atoms with E-state index in [9.17, 15) is 15.6 Å². The first-order valence-corrected chi connectivity index (χ1v) is 6.53. The highest BCUT2D eigenvalue weighted by Crippen LogP contribution is 2.30. The topological polar surface area (TPSA) is 71.0 Å². The maximum absolute atomic E-state index is 9.61. The Morgan fingerprint density at radius 3 is 2.16 bits per heavy atom. The Kier molecular flexibility index (Phi) is 4.04. The molecule has 1 saturated heterocycles. The van der Waals surface area contributed by atoms with Crippen molar-refractivity contribution in [1.82, 2.24) is 0 Å². The lowest BCUT2D eigenvalue weighted by Crippen LogP contribution is -2.37. The predicted molar refractivity (Wildman–Crippen MR) is 72.5 cm³/mol. The molecule has 1 aliphatic heterocycles. The van der Waals surface area contributed by atoms with Crippen molar-refractivity contribution in [2.24, 2.45) is 5.92 Å². The minimum absolute atomic E-state index is 0.288. The molecule has 0 bridgehead atoms. The van der Waals surface area contributed by atoms with Gasteiger partial charge in [-0.15, -0.1) is 0 Å². The molecule has 4 heteroatoms. The molecule has 1 unspecified atom stereocenters. The number of nitriles is 2. The summed E-state index contributed by atoms with van der Waals surface area (Å²) in [6.45, 7) is 3.39. The molecule has 2 rings (SSSR count). The van der Waals surface area contributed by atoms with Gasteiger partial charge in [-0.05, 0) is 37.8 Å². The normalized spacial score (nSPS) is 17.6. The highest BCUT2D eigenvalue weighted by Gasteiger charge is 2.25. The van der Waals surface area contributed by atoms with E-state index in [1.165, 1.54) is 0 Å². The van der Waals surface area contributed by atoms with Crippen molar-refractivity contribution >= 4 is 5.69 Å². The Morgan fingerprint density at radius 1 is 1.21 bits per heavy atom. The number of aliphatic hydroxyl groups is 1. The average Bonchev–Trinajstić information content (AvgIpc) is 2.46. The highest BCUT2D eigenvalue weighted by molar-refractivity contribution is 5.68. The first-order chi connectivity index (χ1) is 9.17. The van der Waals surface area contributed by atoms with E-state index >= 15 is 0 Å². The summed E-state index contributed by atoms with van der Waals surface area (Å²) in [6.07, 6.45) is 1.49. The van der Waals surface area contributed by atoms with E-state index in [0.29, 0.717) is 17.0 Å². The third kappa shape index (κ3) is 2.70. The van der Waals surface area contributed by atoms with Gasteiger partial charge in [-0.3, -0.25) is 0 Å². The molecule has 0 aliphatic carbocycles.